The summed E-state index contributed by atoms with van der Waals surface area (Å²) in [5, 5.41) is 8.53. The minimum Gasteiger partial charge on any atom is -0.465 e. The molecule has 0 radical (unpaired) electrons. The van der Waals surface area contributed by atoms with Crippen molar-refractivity contribution in [1.82, 2.24) is 5.01 Å². The van der Waals surface area contributed by atoms with Crippen LogP contribution in [-0.2, 0) is 9.53 Å². The molecular formula is C7H13N3O2S. The number of carbonyl (C=O) groups is 1. The van der Waals surface area contributed by atoms with Crippen LogP contribution in [-0.4, -0.2) is 34.0 Å². The van der Waals surface area contributed by atoms with Crippen LogP contribution in [0.4, 0.5) is 0 Å². The standard InChI is InChI=1S/C7H13N3O2S/c1-3-12-6(11)5-4(2)10(9)7(8)13-5/h4-5,8H,3,9H2,1-2H3/t4-,5+/m1/s1. The molecule has 74 valence electrons. The van der Waals surface area contributed by atoms with Crippen molar-refractivity contribution in [2.24, 2.45) is 5.84 Å². The summed E-state index contributed by atoms with van der Waals surface area (Å²) < 4.78 is 4.85. The summed E-state index contributed by atoms with van der Waals surface area (Å²) in [7, 11) is 0. The monoisotopic (exact) mass is 203 g/mol. The molecule has 1 heterocycles. The molecule has 5 nitrogen and oxygen atoms in total. The van der Waals surface area contributed by atoms with Gasteiger partial charge in [0.2, 0.25) is 0 Å². The molecule has 6 heteroatoms. The Labute approximate surface area is 81.1 Å². The third-order valence-electron chi connectivity index (χ3n) is 1.87. The minimum atomic E-state index is -0.363. The van der Waals surface area contributed by atoms with E-state index < -0.39 is 0 Å². The maximum atomic E-state index is 11.3. The van der Waals surface area contributed by atoms with Gasteiger partial charge < -0.3 is 4.74 Å². The van der Waals surface area contributed by atoms with Crippen LogP contribution >= 0.6 is 11.8 Å². The second-order valence-electron chi connectivity index (χ2n) is 2.74. The van der Waals surface area contributed by atoms with Crippen molar-refractivity contribution in [3.8, 4) is 0 Å². The van der Waals surface area contributed by atoms with Crippen molar-refractivity contribution < 1.29 is 9.53 Å². The Morgan fingerprint density at radius 3 is 2.85 bits per heavy atom. The summed E-state index contributed by atoms with van der Waals surface area (Å²) in [6, 6.07) is -0.170. The van der Waals surface area contributed by atoms with Crippen LogP contribution in [0.2, 0.25) is 0 Å². The van der Waals surface area contributed by atoms with Gasteiger partial charge >= 0.3 is 5.97 Å². The highest BCUT2D eigenvalue weighted by molar-refractivity contribution is 8.15. The van der Waals surface area contributed by atoms with E-state index in [-0.39, 0.29) is 22.4 Å². The SMILES string of the molecule is CCOC(=O)[C@H]1SC(=N)N(N)[C@@H]1C. The van der Waals surface area contributed by atoms with Crippen molar-refractivity contribution in [3.63, 3.8) is 0 Å². The Bertz CT molecular complexity index is 234. The fourth-order valence-electron chi connectivity index (χ4n) is 1.08. The fourth-order valence-corrected chi connectivity index (χ4v) is 2.10. The Hall–Kier alpha value is -0.750. The van der Waals surface area contributed by atoms with Gasteiger partial charge in [-0.2, -0.15) is 0 Å². The third-order valence-corrected chi connectivity index (χ3v) is 3.14. The number of hydrogen-bond donors (Lipinski definition) is 2. The first-order valence-corrected chi connectivity index (χ1v) is 4.91. The molecule has 0 saturated carbocycles. The van der Waals surface area contributed by atoms with E-state index in [2.05, 4.69) is 0 Å². The van der Waals surface area contributed by atoms with E-state index in [0.29, 0.717) is 6.61 Å². The third kappa shape index (κ3) is 1.94. The van der Waals surface area contributed by atoms with Gasteiger partial charge in [-0.15, -0.1) is 0 Å². The molecular weight excluding hydrogens is 190 g/mol. The van der Waals surface area contributed by atoms with Crippen molar-refractivity contribution >= 4 is 22.9 Å². The molecule has 1 rings (SSSR count). The van der Waals surface area contributed by atoms with Crippen LogP contribution in [0.1, 0.15) is 13.8 Å². The van der Waals surface area contributed by atoms with E-state index in [1.165, 1.54) is 5.01 Å². The molecule has 0 aliphatic carbocycles. The van der Waals surface area contributed by atoms with Gasteiger partial charge in [0.05, 0.1) is 12.6 Å². The molecule has 0 aromatic rings. The number of hydrazine groups is 1. The van der Waals surface area contributed by atoms with Crippen molar-refractivity contribution in [1.29, 1.82) is 5.41 Å². The second-order valence-corrected chi connectivity index (χ2v) is 3.87. The highest BCUT2D eigenvalue weighted by Gasteiger charge is 2.39. The fraction of sp³-hybridized carbons (Fsp3) is 0.714. The topological polar surface area (TPSA) is 79.4 Å². The van der Waals surface area contributed by atoms with Gasteiger partial charge in [-0.25, -0.2) is 5.84 Å². The Morgan fingerprint density at radius 1 is 1.85 bits per heavy atom. The van der Waals surface area contributed by atoms with Crippen LogP contribution in [0, 0.1) is 5.41 Å². The summed E-state index contributed by atoms with van der Waals surface area (Å²) in [5.74, 6) is 5.23. The zero-order valence-corrected chi connectivity index (χ0v) is 8.43. The first kappa shape index (κ1) is 10.3. The van der Waals surface area contributed by atoms with E-state index in [0.717, 1.165) is 11.8 Å². The van der Waals surface area contributed by atoms with E-state index >= 15 is 0 Å². The summed E-state index contributed by atoms with van der Waals surface area (Å²) >= 11 is 1.14. The minimum absolute atomic E-state index is 0.170. The first-order chi connectivity index (χ1) is 6.07. The molecule has 1 saturated heterocycles. The Kier molecular flexibility index (Phi) is 3.16. The lowest BCUT2D eigenvalue weighted by molar-refractivity contribution is -0.143. The van der Waals surface area contributed by atoms with Crippen LogP contribution < -0.4 is 5.84 Å². The van der Waals surface area contributed by atoms with Crippen molar-refractivity contribution in [2.75, 3.05) is 6.61 Å². The van der Waals surface area contributed by atoms with Gasteiger partial charge in [0.25, 0.3) is 0 Å². The van der Waals surface area contributed by atoms with Gasteiger partial charge in [-0.3, -0.25) is 15.2 Å². The predicted octanol–water partition coefficient (Wildman–Crippen LogP) is 0.164. The number of thioether (sulfide) groups is 1. The maximum absolute atomic E-state index is 11.3. The summed E-state index contributed by atoms with van der Waals surface area (Å²) in [5.41, 5.74) is 0. The van der Waals surface area contributed by atoms with Gasteiger partial charge in [-0.05, 0) is 13.8 Å². The maximum Gasteiger partial charge on any atom is 0.321 e. The molecule has 3 N–H and O–H groups in total. The van der Waals surface area contributed by atoms with Gasteiger partial charge in [0, 0.05) is 0 Å². The number of amidine groups is 1. The van der Waals surface area contributed by atoms with E-state index in [4.69, 9.17) is 16.0 Å². The van der Waals surface area contributed by atoms with E-state index in [9.17, 15) is 4.79 Å². The molecule has 1 aliphatic heterocycles. The lowest BCUT2D eigenvalue weighted by Crippen LogP contribution is -2.42. The highest BCUT2D eigenvalue weighted by atomic mass is 32.2. The molecule has 0 bridgehead atoms. The largest absolute Gasteiger partial charge is 0.465 e. The Balaban J connectivity index is 2.62. The smallest absolute Gasteiger partial charge is 0.321 e. The lowest BCUT2D eigenvalue weighted by Gasteiger charge is -2.17. The predicted molar refractivity (Wildman–Crippen MR) is 51.2 cm³/mol. The number of nitrogens with one attached hydrogen (secondary N) is 1. The number of carbonyl (C=O) groups excluding carboxylic acids is 1. The zero-order valence-electron chi connectivity index (χ0n) is 7.61. The Morgan fingerprint density at radius 2 is 2.46 bits per heavy atom. The molecule has 0 aromatic carbocycles. The molecule has 0 amide bonds. The van der Waals surface area contributed by atoms with Crippen LogP contribution in [0.3, 0.4) is 0 Å². The summed E-state index contributed by atoms with van der Waals surface area (Å²) in [6.45, 7) is 3.92. The molecule has 0 spiro atoms. The van der Waals surface area contributed by atoms with Crippen LogP contribution in [0.15, 0.2) is 0 Å². The number of ether oxygens (including phenoxy) is 1. The zero-order chi connectivity index (χ0) is 10.0. The summed E-state index contributed by atoms with van der Waals surface area (Å²) in [4.78, 5) is 11.3. The number of hydrogen-bond acceptors (Lipinski definition) is 5. The molecule has 0 unspecified atom stereocenters. The molecule has 13 heavy (non-hydrogen) atoms. The average molecular weight is 203 g/mol. The highest BCUT2D eigenvalue weighted by Crippen LogP contribution is 2.28. The molecule has 1 fully saturated rings. The first-order valence-electron chi connectivity index (χ1n) is 4.03. The molecule has 0 aromatic heterocycles. The van der Waals surface area contributed by atoms with Crippen LogP contribution in [0.25, 0.3) is 0 Å². The van der Waals surface area contributed by atoms with Crippen LogP contribution in [0.5, 0.6) is 0 Å². The normalized spacial score (nSPS) is 27.9. The van der Waals surface area contributed by atoms with E-state index in [1.807, 2.05) is 0 Å². The lowest BCUT2D eigenvalue weighted by atomic mass is 10.2. The van der Waals surface area contributed by atoms with Gasteiger partial charge in [0.1, 0.15) is 5.25 Å². The number of nitrogens with two attached hydrogens (primary N) is 1. The van der Waals surface area contributed by atoms with E-state index in [1.54, 1.807) is 13.8 Å². The number of nitrogens with zero attached hydrogens (tertiary/aromatic N) is 1. The number of rotatable bonds is 2. The molecule has 1 aliphatic rings. The summed E-state index contributed by atoms with van der Waals surface area (Å²) in [6.07, 6.45) is 0. The van der Waals surface area contributed by atoms with Crippen molar-refractivity contribution in [3.05, 3.63) is 0 Å². The van der Waals surface area contributed by atoms with Gasteiger partial charge in [-0.1, -0.05) is 11.8 Å². The number of esters is 1. The second kappa shape index (κ2) is 3.97. The van der Waals surface area contributed by atoms with Crippen molar-refractivity contribution in [2.45, 2.75) is 25.1 Å². The molecule has 2 atom stereocenters. The van der Waals surface area contributed by atoms with Gasteiger partial charge in [0.15, 0.2) is 5.17 Å². The average Bonchev–Trinajstić information content (AvgIpc) is 2.33. The quantitative estimate of drug-likeness (QED) is 0.494.